The molecule has 0 radical (unpaired) electrons. The minimum Gasteiger partial charge on any atom is -0.465 e. The monoisotopic (exact) mass is 344 g/mol. The minimum atomic E-state index is -1.09. The van der Waals surface area contributed by atoms with Gasteiger partial charge in [-0.1, -0.05) is 22.0 Å². The molecule has 5 heteroatoms. The summed E-state index contributed by atoms with van der Waals surface area (Å²) < 4.78 is 5.89. The van der Waals surface area contributed by atoms with Gasteiger partial charge in [-0.2, -0.15) is 0 Å². The van der Waals surface area contributed by atoms with Crippen LogP contribution >= 0.6 is 27.7 Å². The Morgan fingerprint density at radius 3 is 2.63 bits per heavy atom. The highest BCUT2D eigenvalue weighted by Crippen LogP contribution is 2.26. The lowest BCUT2D eigenvalue weighted by Gasteiger charge is -2.20. The van der Waals surface area contributed by atoms with Gasteiger partial charge in [0, 0.05) is 9.37 Å². The van der Waals surface area contributed by atoms with Crippen LogP contribution < -0.4 is 0 Å². The molecule has 0 amide bonds. The van der Waals surface area contributed by atoms with Crippen molar-refractivity contribution in [3.8, 4) is 0 Å². The Morgan fingerprint density at radius 1 is 1.37 bits per heavy atom. The average Bonchev–Trinajstić information content (AvgIpc) is 2.36. The van der Waals surface area contributed by atoms with Crippen LogP contribution in [0.5, 0.6) is 0 Å². The van der Waals surface area contributed by atoms with Gasteiger partial charge < -0.3 is 4.74 Å². The molecule has 104 valence electrons. The van der Waals surface area contributed by atoms with Crippen LogP contribution in [0.25, 0.3) is 0 Å². The molecule has 19 heavy (non-hydrogen) atoms. The SMILES string of the molecule is CCOC(=O)C(C)(C)C(=O)CSc1cccc(Br)c1. The molecule has 1 aromatic carbocycles. The van der Waals surface area contributed by atoms with Crippen LogP contribution in [-0.4, -0.2) is 24.1 Å². The first-order chi connectivity index (χ1) is 8.87. The lowest BCUT2D eigenvalue weighted by Crippen LogP contribution is -2.36. The second kappa shape index (κ2) is 7.10. The molecule has 0 aliphatic heterocycles. The normalized spacial score (nSPS) is 11.2. The molecule has 0 fully saturated rings. The van der Waals surface area contributed by atoms with Crippen molar-refractivity contribution in [2.45, 2.75) is 25.7 Å². The molecule has 0 saturated carbocycles. The first kappa shape index (κ1) is 16.2. The Morgan fingerprint density at radius 2 is 2.05 bits per heavy atom. The third-order valence-corrected chi connectivity index (χ3v) is 4.14. The quantitative estimate of drug-likeness (QED) is 0.448. The van der Waals surface area contributed by atoms with Crippen molar-refractivity contribution in [1.82, 2.24) is 0 Å². The van der Waals surface area contributed by atoms with Crippen LogP contribution in [0.1, 0.15) is 20.8 Å². The Kier molecular flexibility index (Phi) is 6.07. The number of rotatable bonds is 6. The molecule has 3 nitrogen and oxygen atoms in total. The van der Waals surface area contributed by atoms with Gasteiger partial charge in [0.25, 0.3) is 0 Å². The van der Waals surface area contributed by atoms with E-state index in [9.17, 15) is 9.59 Å². The minimum absolute atomic E-state index is 0.129. The van der Waals surface area contributed by atoms with E-state index in [2.05, 4.69) is 15.9 Å². The molecule has 0 aliphatic rings. The molecule has 0 atom stereocenters. The van der Waals surface area contributed by atoms with Crippen LogP contribution in [0.4, 0.5) is 0 Å². The van der Waals surface area contributed by atoms with Crippen molar-refractivity contribution in [3.05, 3.63) is 28.7 Å². The molecule has 0 aliphatic carbocycles. The number of thioether (sulfide) groups is 1. The number of hydrogen-bond donors (Lipinski definition) is 0. The van der Waals surface area contributed by atoms with E-state index in [1.54, 1.807) is 20.8 Å². The lowest BCUT2D eigenvalue weighted by molar-refractivity contribution is -0.157. The average molecular weight is 345 g/mol. The van der Waals surface area contributed by atoms with Gasteiger partial charge in [-0.25, -0.2) is 0 Å². The van der Waals surface area contributed by atoms with Crippen molar-refractivity contribution < 1.29 is 14.3 Å². The fourth-order valence-electron chi connectivity index (χ4n) is 1.31. The summed E-state index contributed by atoms with van der Waals surface area (Å²) >= 11 is 4.80. The van der Waals surface area contributed by atoms with E-state index < -0.39 is 11.4 Å². The molecule has 0 aromatic heterocycles. The lowest BCUT2D eigenvalue weighted by atomic mass is 9.89. The molecule has 0 heterocycles. The highest BCUT2D eigenvalue weighted by molar-refractivity contribution is 9.10. The standard InChI is InChI=1S/C14H17BrO3S/c1-4-18-13(17)14(2,3)12(16)9-19-11-7-5-6-10(15)8-11/h5-8H,4,9H2,1-3H3. The maximum absolute atomic E-state index is 12.1. The van der Waals surface area contributed by atoms with Crippen molar-refractivity contribution in [1.29, 1.82) is 0 Å². The van der Waals surface area contributed by atoms with Crippen LogP contribution in [0.3, 0.4) is 0 Å². The summed E-state index contributed by atoms with van der Waals surface area (Å²) in [6.07, 6.45) is 0. The van der Waals surface area contributed by atoms with E-state index in [0.717, 1.165) is 9.37 Å². The zero-order chi connectivity index (χ0) is 14.5. The van der Waals surface area contributed by atoms with Gasteiger partial charge in [0.05, 0.1) is 12.4 Å². The van der Waals surface area contributed by atoms with E-state index >= 15 is 0 Å². The molecule has 1 rings (SSSR count). The van der Waals surface area contributed by atoms with Crippen LogP contribution in [0.15, 0.2) is 33.6 Å². The Labute approximate surface area is 126 Å². The number of benzene rings is 1. The third kappa shape index (κ3) is 4.66. The van der Waals surface area contributed by atoms with E-state index in [1.165, 1.54) is 11.8 Å². The second-order valence-corrected chi connectivity index (χ2v) is 6.48. The molecular weight excluding hydrogens is 328 g/mol. The smallest absolute Gasteiger partial charge is 0.319 e. The fraction of sp³-hybridized carbons (Fsp3) is 0.429. The Balaban J connectivity index is 2.62. The molecule has 1 aromatic rings. The molecule has 0 bridgehead atoms. The largest absolute Gasteiger partial charge is 0.465 e. The van der Waals surface area contributed by atoms with Crippen LogP contribution in [0, 0.1) is 5.41 Å². The molecular formula is C14H17BrO3S. The zero-order valence-electron chi connectivity index (χ0n) is 11.2. The van der Waals surface area contributed by atoms with Crippen LogP contribution in [0.2, 0.25) is 0 Å². The van der Waals surface area contributed by atoms with Crippen molar-refractivity contribution >= 4 is 39.4 Å². The summed E-state index contributed by atoms with van der Waals surface area (Å²) in [6, 6.07) is 7.71. The van der Waals surface area contributed by atoms with Gasteiger partial charge in [-0.3, -0.25) is 9.59 Å². The number of carbonyl (C=O) groups excluding carboxylic acids is 2. The van der Waals surface area contributed by atoms with E-state index in [-0.39, 0.29) is 18.1 Å². The number of halogens is 1. The maximum atomic E-state index is 12.1. The summed E-state index contributed by atoms with van der Waals surface area (Å²) in [4.78, 5) is 24.8. The number of carbonyl (C=O) groups is 2. The van der Waals surface area contributed by atoms with Crippen molar-refractivity contribution in [2.75, 3.05) is 12.4 Å². The number of esters is 1. The van der Waals surface area contributed by atoms with Gasteiger partial charge in [-0.05, 0) is 39.0 Å². The highest BCUT2D eigenvalue weighted by Gasteiger charge is 2.36. The molecule has 0 saturated heterocycles. The predicted octanol–water partition coefficient (Wildman–Crippen LogP) is 3.70. The first-order valence-electron chi connectivity index (χ1n) is 5.96. The van der Waals surface area contributed by atoms with Crippen LogP contribution in [-0.2, 0) is 14.3 Å². The van der Waals surface area contributed by atoms with Gasteiger partial charge in [0.15, 0.2) is 5.78 Å². The number of Topliss-reactive ketones (excluding diaryl/α,β-unsaturated/α-hetero) is 1. The number of ketones is 1. The predicted molar refractivity (Wildman–Crippen MR) is 80.3 cm³/mol. The summed E-state index contributed by atoms with van der Waals surface area (Å²) in [5.41, 5.74) is -1.09. The van der Waals surface area contributed by atoms with Gasteiger partial charge in [0.2, 0.25) is 0 Å². The van der Waals surface area contributed by atoms with Crippen molar-refractivity contribution in [3.63, 3.8) is 0 Å². The van der Waals surface area contributed by atoms with E-state index in [0.29, 0.717) is 0 Å². The topological polar surface area (TPSA) is 43.4 Å². The Bertz CT molecular complexity index is 472. The van der Waals surface area contributed by atoms with Gasteiger partial charge >= 0.3 is 5.97 Å². The van der Waals surface area contributed by atoms with E-state index in [4.69, 9.17) is 4.74 Å². The van der Waals surface area contributed by atoms with E-state index in [1.807, 2.05) is 24.3 Å². The van der Waals surface area contributed by atoms with Crippen molar-refractivity contribution in [2.24, 2.45) is 5.41 Å². The Hall–Kier alpha value is -0.810. The second-order valence-electron chi connectivity index (χ2n) is 4.51. The zero-order valence-corrected chi connectivity index (χ0v) is 13.6. The first-order valence-corrected chi connectivity index (χ1v) is 7.74. The number of hydrogen-bond acceptors (Lipinski definition) is 4. The third-order valence-electron chi connectivity index (χ3n) is 2.65. The summed E-state index contributed by atoms with van der Waals surface area (Å²) in [6.45, 7) is 5.23. The van der Waals surface area contributed by atoms with Gasteiger partial charge in [0.1, 0.15) is 5.41 Å². The molecule has 0 N–H and O–H groups in total. The molecule has 0 unspecified atom stereocenters. The maximum Gasteiger partial charge on any atom is 0.319 e. The summed E-state index contributed by atoms with van der Waals surface area (Å²) in [7, 11) is 0. The number of ether oxygens (including phenoxy) is 1. The highest BCUT2D eigenvalue weighted by atomic mass is 79.9. The summed E-state index contributed by atoms with van der Waals surface area (Å²) in [5, 5.41) is 0. The fourth-order valence-corrected chi connectivity index (χ4v) is 2.91. The van der Waals surface area contributed by atoms with Gasteiger partial charge in [-0.15, -0.1) is 11.8 Å². The molecule has 0 spiro atoms. The summed E-state index contributed by atoms with van der Waals surface area (Å²) in [5.74, 6) is -0.340.